The van der Waals surface area contributed by atoms with Crippen LogP contribution in [0.25, 0.3) is 0 Å². The van der Waals surface area contributed by atoms with Gasteiger partial charge in [0.05, 0.1) is 15.7 Å². The van der Waals surface area contributed by atoms with Crippen LogP contribution in [0.2, 0.25) is 10.0 Å². The van der Waals surface area contributed by atoms with Crippen LogP contribution in [0.5, 0.6) is 0 Å². The third kappa shape index (κ3) is 4.55. The number of carbonyl (C=O) groups is 1. The topological polar surface area (TPSA) is 41.1 Å². The van der Waals surface area contributed by atoms with Crippen LogP contribution in [-0.2, 0) is 4.79 Å². The average molecular weight is 368 g/mol. The van der Waals surface area contributed by atoms with Crippen molar-refractivity contribution in [2.24, 2.45) is 0 Å². The Labute approximate surface area is 132 Å². The molecule has 0 aliphatic rings. The minimum atomic E-state index is -0.385. The van der Waals surface area contributed by atoms with Crippen molar-refractivity contribution >= 4 is 50.7 Å². The molecule has 1 rings (SSSR count). The van der Waals surface area contributed by atoms with E-state index in [1.807, 2.05) is 13.8 Å². The van der Waals surface area contributed by atoms with Gasteiger partial charge >= 0.3 is 0 Å². The lowest BCUT2D eigenvalue weighted by Crippen LogP contribution is -2.41. The number of hydrogen-bond acceptors (Lipinski definition) is 2. The maximum absolute atomic E-state index is 11.9. The number of anilines is 1. The minimum absolute atomic E-state index is 0.0653. The van der Waals surface area contributed by atoms with E-state index in [0.29, 0.717) is 15.7 Å². The lowest BCUT2D eigenvalue weighted by Gasteiger charge is -2.19. The van der Waals surface area contributed by atoms with Gasteiger partial charge in [0, 0.05) is 10.5 Å². The number of rotatable bonds is 5. The first-order valence-corrected chi connectivity index (χ1v) is 7.62. The average Bonchev–Trinajstić information content (AvgIpc) is 2.39. The summed E-state index contributed by atoms with van der Waals surface area (Å²) in [5.74, 6) is -0.0653. The quantitative estimate of drug-likeness (QED) is 0.753. The Hall–Kier alpha value is -0.450. The molecule has 2 N–H and O–H groups in total. The van der Waals surface area contributed by atoms with E-state index in [-0.39, 0.29) is 18.0 Å². The van der Waals surface area contributed by atoms with Crippen molar-refractivity contribution in [3.63, 3.8) is 0 Å². The summed E-state index contributed by atoms with van der Waals surface area (Å²) in [6, 6.07) is 3.34. The highest BCUT2D eigenvalue weighted by atomic mass is 79.9. The van der Waals surface area contributed by atoms with E-state index in [2.05, 4.69) is 26.6 Å². The monoisotopic (exact) mass is 366 g/mol. The van der Waals surface area contributed by atoms with E-state index in [0.717, 1.165) is 10.9 Å². The summed E-state index contributed by atoms with van der Waals surface area (Å²) >= 11 is 15.5. The van der Waals surface area contributed by atoms with E-state index >= 15 is 0 Å². The molecule has 0 saturated carbocycles. The number of carbonyl (C=O) groups excluding carboxylic acids is 1. The molecule has 3 nitrogen and oxygen atoms in total. The summed E-state index contributed by atoms with van der Waals surface area (Å²) in [6.07, 6.45) is 0.892. The van der Waals surface area contributed by atoms with Crippen molar-refractivity contribution in [2.75, 3.05) is 5.32 Å². The van der Waals surface area contributed by atoms with E-state index in [9.17, 15) is 4.79 Å². The van der Waals surface area contributed by atoms with Gasteiger partial charge in [-0.05, 0) is 48.3 Å². The predicted molar refractivity (Wildman–Crippen MR) is 85.1 cm³/mol. The fraction of sp³-hybridized carbons (Fsp3) is 0.462. The Kier molecular flexibility index (Phi) is 6.43. The molecule has 0 aliphatic heterocycles. The number of benzene rings is 1. The van der Waals surface area contributed by atoms with Crippen molar-refractivity contribution in [2.45, 2.75) is 39.3 Å². The molecular formula is C13H17BrCl2N2O. The zero-order valence-corrected chi connectivity index (χ0v) is 14.2. The highest BCUT2D eigenvalue weighted by molar-refractivity contribution is 9.10. The summed E-state index contributed by atoms with van der Waals surface area (Å²) in [6.45, 7) is 5.77. The van der Waals surface area contributed by atoms with Gasteiger partial charge in [0.15, 0.2) is 0 Å². The van der Waals surface area contributed by atoms with Crippen LogP contribution in [0.1, 0.15) is 27.2 Å². The molecule has 0 radical (unpaired) electrons. The third-order valence-electron chi connectivity index (χ3n) is 2.80. The Morgan fingerprint density at radius 1 is 1.32 bits per heavy atom. The Morgan fingerprint density at radius 2 is 1.95 bits per heavy atom. The predicted octanol–water partition coefficient (Wildman–Crippen LogP) is 4.47. The molecule has 0 saturated heterocycles. The molecule has 0 fully saturated rings. The molecule has 2 unspecified atom stereocenters. The molecule has 0 spiro atoms. The zero-order valence-electron chi connectivity index (χ0n) is 11.1. The molecule has 2 atom stereocenters. The van der Waals surface area contributed by atoms with E-state index in [1.165, 1.54) is 0 Å². The lowest BCUT2D eigenvalue weighted by atomic mass is 10.2. The van der Waals surface area contributed by atoms with Crippen molar-refractivity contribution in [1.29, 1.82) is 0 Å². The second kappa shape index (κ2) is 7.36. The van der Waals surface area contributed by atoms with Crippen LogP contribution < -0.4 is 10.6 Å². The van der Waals surface area contributed by atoms with Crippen LogP contribution in [-0.4, -0.2) is 18.0 Å². The summed E-state index contributed by atoms with van der Waals surface area (Å²) < 4.78 is 0.724. The summed E-state index contributed by atoms with van der Waals surface area (Å²) in [5, 5.41) is 6.80. The van der Waals surface area contributed by atoms with Gasteiger partial charge in [-0.2, -0.15) is 0 Å². The maximum Gasteiger partial charge on any atom is 0.242 e. The first kappa shape index (κ1) is 16.6. The highest BCUT2D eigenvalue weighted by Gasteiger charge is 2.16. The van der Waals surface area contributed by atoms with Crippen LogP contribution in [0.15, 0.2) is 16.6 Å². The molecule has 19 heavy (non-hydrogen) atoms. The van der Waals surface area contributed by atoms with E-state index in [1.54, 1.807) is 19.1 Å². The molecule has 1 aromatic carbocycles. The van der Waals surface area contributed by atoms with Crippen molar-refractivity contribution < 1.29 is 4.79 Å². The summed E-state index contributed by atoms with van der Waals surface area (Å²) in [4.78, 5) is 11.9. The van der Waals surface area contributed by atoms with Crippen LogP contribution in [0.3, 0.4) is 0 Å². The van der Waals surface area contributed by atoms with Gasteiger partial charge in [0.25, 0.3) is 0 Å². The van der Waals surface area contributed by atoms with Gasteiger partial charge in [-0.3, -0.25) is 4.79 Å². The molecule has 0 heterocycles. The number of halogens is 3. The number of hydrogen-bond donors (Lipinski definition) is 2. The largest absolute Gasteiger partial charge is 0.373 e. The molecule has 1 aromatic rings. The molecule has 0 aliphatic carbocycles. The van der Waals surface area contributed by atoms with Gasteiger partial charge in [-0.25, -0.2) is 0 Å². The van der Waals surface area contributed by atoms with Crippen molar-refractivity contribution in [1.82, 2.24) is 5.32 Å². The van der Waals surface area contributed by atoms with Crippen LogP contribution in [0, 0.1) is 0 Å². The zero-order chi connectivity index (χ0) is 14.6. The standard InChI is InChI=1S/C13H17BrCl2N2O/c1-4-7(2)17-13(19)8(3)18-10-6-5-9(14)11(15)12(10)16/h5-8,18H,4H2,1-3H3,(H,17,19). The maximum atomic E-state index is 11.9. The van der Waals surface area contributed by atoms with E-state index < -0.39 is 0 Å². The van der Waals surface area contributed by atoms with Crippen LogP contribution in [0.4, 0.5) is 5.69 Å². The highest BCUT2D eigenvalue weighted by Crippen LogP contribution is 2.36. The number of amides is 1. The summed E-state index contributed by atoms with van der Waals surface area (Å²) in [5.41, 5.74) is 0.640. The SMILES string of the molecule is CCC(C)NC(=O)C(C)Nc1ccc(Br)c(Cl)c1Cl. The Balaban J connectivity index is 2.74. The third-order valence-corrected chi connectivity index (χ3v) is 4.57. The smallest absolute Gasteiger partial charge is 0.242 e. The second-order valence-electron chi connectivity index (χ2n) is 4.41. The van der Waals surface area contributed by atoms with Gasteiger partial charge < -0.3 is 10.6 Å². The van der Waals surface area contributed by atoms with Gasteiger partial charge in [0.1, 0.15) is 6.04 Å². The first-order chi connectivity index (χ1) is 8.86. The molecule has 106 valence electrons. The lowest BCUT2D eigenvalue weighted by molar-refractivity contribution is -0.122. The molecular weight excluding hydrogens is 351 g/mol. The first-order valence-electron chi connectivity index (χ1n) is 6.07. The normalized spacial score (nSPS) is 13.8. The van der Waals surface area contributed by atoms with E-state index in [4.69, 9.17) is 23.2 Å². The number of nitrogens with one attached hydrogen (secondary N) is 2. The minimum Gasteiger partial charge on any atom is -0.373 e. The fourth-order valence-electron chi connectivity index (χ4n) is 1.41. The molecule has 0 aromatic heterocycles. The molecule has 6 heteroatoms. The van der Waals surface area contributed by atoms with Gasteiger partial charge in [0.2, 0.25) is 5.91 Å². The van der Waals surface area contributed by atoms with Crippen molar-refractivity contribution in [3.8, 4) is 0 Å². The molecule has 1 amide bonds. The van der Waals surface area contributed by atoms with Gasteiger partial charge in [-0.1, -0.05) is 30.1 Å². The Bertz CT molecular complexity index is 468. The second-order valence-corrected chi connectivity index (χ2v) is 6.02. The molecule has 0 bridgehead atoms. The van der Waals surface area contributed by atoms with Crippen molar-refractivity contribution in [3.05, 3.63) is 26.7 Å². The summed E-state index contributed by atoms with van der Waals surface area (Å²) in [7, 11) is 0. The Morgan fingerprint density at radius 3 is 2.53 bits per heavy atom. The fourth-order valence-corrected chi connectivity index (χ4v) is 2.23. The van der Waals surface area contributed by atoms with Crippen LogP contribution >= 0.6 is 39.1 Å². The van der Waals surface area contributed by atoms with Gasteiger partial charge in [-0.15, -0.1) is 0 Å².